The number of nitrogens with zero attached hydrogens (tertiary/aromatic N) is 2. The third-order valence-corrected chi connectivity index (χ3v) is 13.0. The van der Waals surface area contributed by atoms with Crippen molar-refractivity contribution in [3.8, 4) is 22.2 Å². The Hall–Kier alpha value is -3.35. The van der Waals surface area contributed by atoms with Gasteiger partial charge in [-0.3, -0.25) is 14.3 Å². The Morgan fingerprint density at radius 1 is 1.20 bits per heavy atom. The van der Waals surface area contributed by atoms with E-state index in [9.17, 15) is 18.0 Å². The summed E-state index contributed by atoms with van der Waals surface area (Å²) in [6.45, 7) is 14.0. The third kappa shape index (κ3) is 5.73. The Morgan fingerprint density at radius 3 is 2.54 bits per heavy atom. The quantitative estimate of drug-likeness (QED) is 0.242. The van der Waals surface area contributed by atoms with Crippen LogP contribution in [-0.4, -0.2) is 60.1 Å². The van der Waals surface area contributed by atoms with Crippen molar-refractivity contribution in [1.29, 1.82) is 0 Å². The minimum atomic E-state index is -3.82. The van der Waals surface area contributed by atoms with Crippen LogP contribution in [0.5, 0.6) is 11.5 Å². The largest absolute Gasteiger partial charge is 0.496 e. The van der Waals surface area contributed by atoms with Gasteiger partial charge in [0.15, 0.2) is 5.78 Å². The number of nitrogens with one attached hydrogen (secondary N) is 2. The normalized spacial score (nSPS) is 26.6. The first-order valence-corrected chi connectivity index (χ1v) is 18.1. The molecule has 0 radical (unpaired) electrons. The summed E-state index contributed by atoms with van der Waals surface area (Å²) >= 11 is 1.54. The smallest absolute Gasteiger partial charge is 0.240 e. The highest BCUT2D eigenvalue weighted by molar-refractivity contribution is 7.91. The second kappa shape index (κ2) is 11.4. The van der Waals surface area contributed by atoms with E-state index in [1.54, 1.807) is 20.1 Å². The number of pyridine rings is 1. The number of methoxy groups -OCH3 is 1. The van der Waals surface area contributed by atoms with Gasteiger partial charge in [-0.05, 0) is 64.0 Å². The fraction of sp³-hybridized carbons (Fsp3) is 0.529. The lowest BCUT2D eigenvalue weighted by Gasteiger charge is -2.27. The van der Waals surface area contributed by atoms with Crippen molar-refractivity contribution in [1.82, 2.24) is 20.0 Å². The molecule has 2 N–H and O–H groups in total. The van der Waals surface area contributed by atoms with Crippen molar-refractivity contribution in [2.24, 2.45) is 11.3 Å². The lowest BCUT2D eigenvalue weighted by Crippen LogP contribution is -2.44. The molecule has 3 fully saturated rings. The van der Waals surface area contributed by atoms with Gasteiger partial charge in [0.25, 0.3) is 0 Å². The van der Waals surface area contributed by atoms with Gasteiger partial charge in [0.05, 0.1) is 34.5 Å². The van der Waals surface area contributed by atoms with Crippen LogP contribution in [0.3, 0.4) is 0 Å². The van der Waals surface area contributed by atoms with Gasteiger partial charge in [-0.25, -0.2) is 18.4 Å². The average molecular weight is 667 g/mol. The minimum absolute atomic E-state index is 0.0704. The highest BCUT2D eigenvalue weighted by Crippen LogP contribution is 2.57. The number of ether oxygens (including phenoxy) is 2. The minimum Gasteiger partial charge on any atom is -0.496 e. The monoisotopic (exact) mass is 666 g/mol. The van der Waals surface area contributed by atoms with Crippen LogP contribution in [0.4, 0.5) is 0 Å². The number of allylic oxidation sites excluding steroid dienone is 1. The summed E-state index contributed by atoms with van der Waals surface area (Å²) in [6, 6.07) is 5.19. The third-order valence-electron chi connectivity index (χ3n) is 9.99. The summed E-state index contributed by atoms with van der Waals surface area (Å²) in [7, 11) is -2.19. The van der Waals surface area contributed by atoms with E-state index in [0.29, 0.717) is 43.7 Å². The summed E-state index contributed by atoms with van der Waals surface area (Å²) in [4.78, 5) is 36.8. The average Bonchev–Trinajstić information content (AvgIpc) is 3.80. The molecule has 1 aromatic carbocycles. The molecule has 10 nitrogen and oxygen atoms in total. The molecule has 12 heteroatoms. The van der Waals surface area contributed by atoms with Gasteiger partial charge in [-0.15, -0.1) is 17.9 Å². The van der Waals surface area contributed by atoms with E-state index < -0.39 is 37.7 Å². The van der Waals surface area contributed by atoms with Crippen LogP contribution < -0.4 is 19.5 Å². The first kappa shape index (κ1) is 32.6. The van der Waals surface area contributed by atoms with Crippen molar-refractivity contribution in [3.05, 3.63) is 47.5 Å². The van der Waals surface area contributed by atoms with E-state index in [0.717, 1.165) is 32.9 Å². The number of hydrogen-bond acceptors (Lipinski definition) is 10. The molecule has 4 atom stereocenters. The van der Waals surface area contributed by atoms with Crippen LogP contribution >= 0.6 is 11.3 Å². The SMILES string of the molecule is C=C[C@@H]1C[C@]1(CC(=O)[C@@H]1CC(C)(Oc2cc(-c3nc(C(C)C)cs3)nc3c(C)c(OC)ccc23)CN1)C(=O)NS(=O)(=O)C1(C)CC1. The van der Waals surface area contributed by atoms with E-state index in [1.807, 2.05) is 32.0 Å². The molecular weight excluding hydrogens is 625 g/mol. The maximum Gasteiger partial charge on any atom is 0.240 e. The molecule has 6 rings (SSSR count). The zero-order valence-corrected chi connectivity index (χ0v) is 28.9. The number of ketones is 1. The number of aryl methyl sites for hydroxylation is 1. The zero-order valence-electron chi connectivity index (χ0n) is 27.2. The Morgan fingerprint density at radius 2 is 1.93 bits per heavy atom. The van der Waals surface area contributed by atoms with Gasteiger partial charge < -0.3 is 14.8 Å². The zero-order chi connectivity index (χ0) is 33.2. The lowest BCUT2D eigenvalue weighted by molar-refractivity contribution is -0.130. The number of benzene rings is 1. The van der Waals surface area contributed by atoms with Crippen LogP contribution in [0.2, 0.25) is 0 Å². The summed E-state index contributed by atoms with van der Waals surface area (Å²) in [6.07, 6.45) is 3.37. The predicted octanol–water partition coefficient (Wildman–Crippen LogP) is 5.45. The molecule has 2 aromatic heterocycles. The van der Waals surface area contributed by atoms with E-state index >= 15 is 0 Å². The van der Waals surface area contributed by atoms with Crippen LogP contribution in [0.1, 0.15) is 77.0 Å². The maximum absolute atomic E-state index is 13.7. The molecule has 246 valence electrons. The van der Waals surface area contributed by atoms with Crippen molar-refractivity contribution < 1.29 is 27.5 Å². The summed E-state index contributed by atoms with van der Waals surface area (Å²) < 4.78 is 39.3. The van der Waals surface area contributed by atoms with E-state index in [-0.39, 0.29) is 24.0 Å². The fourth-order valence-corrected chi connectivity index (χ4v) is 8.64. The molecule has 0 bridgehead atoms. The van der Waals surface area contributed by atoms with E-state index in [4.69, 9.17) is 19.4 Å². The van der Waals surface area contributed by atoms with Crippen LogP contribution in [0.25, 0.3) is 21.6 Å². The highest BCUT2D eigenvalue weighted by atomic mass is 32.2. The molecule has 1 aliphatic heterocycles. The number of rotatable bonds is 12. The number of hydrogen-bond donors (Lipinski definition) is 2. The van der Waals surface area contributed by atoms with Gasteiger partial charge in [0.1, 0.15) is 27.8 Å². The van der Waals surface area contributed by atoms with E-state index in [1.165, 1.54) is 11.3 Å². The molecule has 3 aliphatic rings. The predicted molar refractivity (Wildman–Crippen MR) is 179 cm³/mol. The molecular formula is C34H42N4O6S2. The number of carbonyl (C=O) groups is 2. The fourth-order valence-electron chi connectivity index (χ4n) is 6.36. The molecule has 3 aromatic rings. The molecule has 1 saturated heterocycles. The van der Waals surface area contributed by atoms with E-state index in [2.05, 4.69) is 35.8 Å². The second-order valence-corrected chi connectivity index (χ2v) is 17.0. The van der Waals surface area contributed by atoms with Crippen LogP contribution in [0, 0.1) is 18.3 Å². The molecule has 1 amide bonds. The van der Waals surface area contributed by atoms with Gasteiger partial charge in [-0.1, -0.05) is 19.9 Å². The highest BCUT2D eigenvalue weighted by Gasteiger charge is 2.62. The van der Waals surface area contributed by atoms with Gasteiger partial charge in [0.2, 0.25) is 15.9 Å². The maximum atomic E-state index is 13.7. The Bertz CT molecular complexity index is 1850. The van der Waals surface area contributed by atoms with Crippen LogP contribution in [0.15, 0.2) is 36.2 Å². The summed E-state index contributed by atoms with van der Waals surface area (Å²) in [5.41, 5.74) is 1.49. The first-order chi connectivity index (χ1) is 21.6. The summed E-state index contributed by atoms with van der Waals surface area (Å²) in [5, 5.41) is 6.99. The number of carbonyl (C=O) groups excluding carboxylic acids is 2. The number of Topliss-reactive ketones (excluding diaryl/α,β-unsaturated/α-hetero) is 1. The summed E-state index contributed by atoms with van der Waals surface area (Å²) in [5.74, 6) is 0.625. The standard InChI is InChI=1S/C34H42N4O6S2/c1-8-21-14-34(21,31(40)38-46(41,42)33(6)11-12-33)16-26(39)24-15-32(5,18-35-24)44-28-13-23(30-37-25(17-45-30)19(2)3)36-29-20(4)27(43-7)10-9-22(28)29/h8-10,13,17,19,21,24,35H,1,11-12,14-16,18H2,2-7H3,(H,38,40)/t21-,24+,32?,34-/m1/s1. The van der Waals surface area contributed by atoms with Crippen molar-refractivity contribution in [2.45, 2.75) is 89.0 Å². The lowest BCUT2D eigenvalue weighted by atomic mass is 9.90. The van der Waals surface area contributed by atoms with Crippen molar-refractivity contribution in [2.75, 3.05) is 13.7 Å². The molecule has 46 heavy (non-hydrogen) atoms. The molecule has 2 saturated carbocycles. The van der Waals surface area contributed by atoms with Gasteiger partial charge >= 0.3 is 0 Å². The molecule has 1 unspecified atom stereocenters. The Kier molecular flexibility index (Phi) is 8.09. The number of thiazole rings is 1. The topological polar surface area (TPSA) is 137 Å². The van der Waals surface area contributed by atoms with Crippen molar-refractivity contribution >= 4 is 44.0 Å². The number of sulfonamides is 1. The second-order valence-electron chi connectivity index (χ2n) is 13.9. The molecule has 2 aliphatic carbocycles. The Labute approximate surface area is 274 Å². The van der Waals surface area contributed by atoms with Gasteiger partial charge in [-0.2, -0.15) is 0 Å². The number of amides is 1. The number of aromatic nitrogens is 2. The molecule has 0 spiro atoms. The van der Waals surface area contributed by atoms with Crippen LogP contribution in [-0.2, 0) is 19.6 Å². The van der Waals surface area contributed by atoms with Crippen molar-refractivity contribution in [3.63, 3.8) is 0 Å². The van der Waals surface area contributed by atoms with Gasteiger partial charge in [0, 0.05) is 41.8 Å². The molecule has 3 heterocycles. The Balaban J connectivity index is 1.23. The number of fused-ring (bicyclic) bond motifs is 1. The first-order valence-electron chi connectivity index (χ1n) is 15.7.